The fraction of sp³-hybridized carbons (Fsp3) is 0.444. The Balaban J connectivity index is 2.68. The van der Waals surface area contributed by atoms with Gasteiger partial charge in [0.25, 0.3) is 0 Å². The molecule has 0 aliphatic rings. The van der Waals surface area contributed by atoms with Crippen molar-refractivity contribution in [1.82, 2.24) is 4.98 Å². The highest BCUT2D eigenvalue weighted by Gasteiger charge is 2.09. The summed E-state index contributed by atoms with van der Waals surface area (Å²) >= 11 is 11.6. The summed E-state index contributed by atoms with van der Waals surface area (Å²) in [6.45, 7) is 1.82. The predicted molar refractivity (Wildman–Crippen MR) is 71.5 cm³/mol. The van der Waals surface area contributed by atoms with Crippen molar-refractivity contribution in [3.05, 3.63) is 16.1 Å². The van der Waals surface area contributed by atoms with E-state index in [1.54, 1.807) is 6.92 Å². The van der Waals surface area contributed by atoms with Crippen molar-refractivity contribution < 1.29 is 8.42 Å². The fourth-order valence-corrected chi connectivity index (χ4v) is 2.20. The van der Waals surface area contributed by atoms with Crippen LogP contribution in [0.5, 0.6) is 0 Å². The van der Waals surface area contributed by atoms with Crippen LogP contribution in [0, 0.1) is 0 Å². The molecular weight excluding hydrogens is 285 g/mol. The molecule has 0 fully saturated rings. The van der Waals surface area contributed by atoms with Crippen LogP contribution in [0.15, 0.2) is 6.07 Å². The number of rotatable bonds is 5. The van der Waals surface area contributed by atoms with Crippen molar-refractivity contribution in [2.24, 2.45) is 0 Å². The van der Waals surface area contributed by atoms with Crippen molar-refractivity contribution in [2.45, 2.75) is 6.92 Å². The Kier molecular flexibility index (Phi) is 4.85. The van der Waals surface area contributed by atoms with E-state index in [9.17, 15) is 8.42 Å². The van der Waals surface area contributed by atoms with Crippen LogP contribution in [-0.4, -0.2) is 31.5 Å². The number of anilines is 2. The van der Waals surface area contributed by atoms with Crippen LogP contribution in [0.3, 0.4) is 0 Å². The molecule has 3 N–H and O–H groups in total. The number of nitrogens with one attached hydrogen (secondary N) is 1. The topological polar surface area (TPSA) is 85.1 Å². The third kappa shape index (κ3) is 4.22. The summed E-state index contributed by atoms with van der Waals surface area (Å²) in [5.74, 6) is 0.611. The van der Waals surface area contributed by atoms with Gasteiger partial charge in [-0.15, -0.1) is 0 Å². The zero-order valence-electron chi connectivity index (χ0n) is 9.20. The molecule has 5 nitrogen and oxygen atoms in total. The first kappa shape index (κ1) is 14.3. The lowest BCUT2D eigenvalue weighted by Crippen LogP contribution is -2.18. The first-order valence-corrected chi connectivity index (χ1v) is 7.49. The number of halogens is 2. The maximum absolute atomic E-state index is 11.3. The second-order valence-electron chi connectivity index (χ2n) is 3.35. The van der Waals surface area contributed by atoms with E-state index in [1.807, 2.05) is 0 Å². The van der Waals surface area contributed by atoms with Gasteiger partial charge in [0, 0.05) is 12.3 Å². The Morgan fingerprint density at radius 2 is 2.06 bits per heavy atom. The summed E-state index contributed by atoms with van der Waals surface area (Å²) < 4.78 is 22.5. The van der Waals surface area contributed by atoms with Gasteiger partial charge in [0.15, 0.2) is 9.84 Å². The predicted octanol–water partition coefficient (Wildman–Crippen LogP) is 1.82. The van der Waals surface area contributed by atoms with E-state index in [1.165, 1.54) is 6.07 Å². The zero-order chi connectivity index (χ0) is 13.1. The Hall–Kier alpha value is -0.720. The molecule has 96 valence electrons. The number of pyridine rings is 1. The van der Waals surface area contributed by atoms with Crippen LogP contribution < -0.4 is 11.1 Å². The van der Waals surface area contributed by atoms with Crippen molar-refractivity contribution in [3.63, 3.8) is 0 Å². The minimum atomic E-state index is -3.01. The minimum absolute atomic E-state index is 0.0179. The van der Waals surface area contributed by atoms with Crippen molar-refractivity contribution in [3.8, 4) is 0 Å². The van der Waals surface area contributed by atoms with Crippen LogP contribution in [0.2, 0.25) is 10.0 Å². The SMILES string of the molecule is CCS(=O)(=O)CCNc1nc(N)c(Cl)cc1Cl. The molecule has 1 aromatic heterocycles. The van der Waals surface area contributed by atoms with Gasteiger partial charge in [0.05, 0.1) is 15.8 Å². The second-order valence-corrected chi connectivity index (χ2v) is 6.64. The monoisotopic (exact) mass is 297 g/mol. The van der Waals surface area contributed by atoms with Crippen LogP contribution in [0.1, 0.15) is 6.92 Å². The molecule has 1 rings (SSSR count). The molecule has 0 atom stereocenters. The Morgan fingerprint density at radius 1 is 1.41 bits per heavy atom. The summed E-state index contributed by atoms with van der Waals surface area (Å²) in [6.07, 6.45) is 0. The van der Waals surface area contributed by atoms with Crippen LogP contribution in [-0.2, 0) is 9.84 Å². The van der Waals surface area contributed by atoms with Gasteiger partial charge in [-0.05, 0) is 6.07 Å². The number of nitrogens with two attached hydrogens (primary N) is 1. The number of nitrogens with zero attached hydrogens (tertiary/aromatic N) is 1. The average molecular weight is 298 g/mol. The van der Waals surface area contributed by atoms with Crippen molar-refractivity contribution in [1.29, 1.82) is 0 Å². The van der Waals surface area contributed by atoms with E-state index in [0.717, 1.165) is 0 Å². The molecule has 0 aliphatic heterocycles. The molecule has 0 amide bonds. The average Bonchev–Trinajstić information content (AvgIpc) is 2.25. The van der Waals surface area contributed by atoms with Gasteiger partial charge in [-0.1, -0.05) is 30.1 Å². The zero-order valence-corrected chi connectivity index (χ0v) is 11.5. The molecule has 0 unspecified atom stereocenters. The number of sulfone groups is 1. The number of nitrogen functional groups attached to an aromatic ring is 1. The normalized spacial score (nSPS) is 11.5. The largest absolute Gasteiger partial charge is 0.382 e. The molecule has 1 aromatic rings. The molecule has 0 saturated carbocycles. The number of hydrogen-bond acceptors (Lipinski definition) is 5. The van der Waals surface area contributed by atoms with E-state index in [-0.39, 0.29) is 28.9 Å². The van der Waals surface area contributed by atoms with Gasteiger partial charge in [-0.3, -0.25) is 0 Å². The molecule has 0 aromatic carbocycles. The smallest absolute Gasteiger partial charge is 0.151 e. The molecule has 0 saturated heterocycles. The van der Waals surface area contributed by atoms with Gasteiger partial charge in [-0.2, -0.15) is 0 Å². The highest BCUT2D eigenvalue weighted by molar-refractivity contribution is 7.91. The van der Waals surface area contributed by atoms with Crippen molar-refractivity contribution in [2.75, 3.05) is 29.1 Å². The minimum Gasteiger partial charge on any atom is -0.382 e. The maximum atomic E-state index is 11.3. The molecule has 8 heteroatoms. The lowest BCUT2D eigenvalue weighted by molar-refractivity contribution is 0.597. The molecule has 0 radical (unpaired) electrons. The molecule has 0 spiro atoms. The molecule has 0 aliphatic carbocycles. The Morgan fingerprint density at radius 3 is 2.65 bits per heavy atom. The molecule has 0 bridgehead atoms. The van der Waals surface area contributed by atoms with Gasteiger partial charge < -0.3 is 11.1 Å². The molecular formula is C9H13Cl2N3O2S. The lowest BCUT2D eigenvalue weighted by Gasteiger charge is -2.08. The highest BCUT2D eigenvalue weighted by Crippen LogP contribution is 2.27. The highest BCUT2D eigenvalue weighted by atomic mass is 35.5. The summed E-state index contributed by atoms with van der Waals surface area (Å²) in [7, 11) is -3.01. The summed E-state index contributed by atoms with van der Waals surface area (Å²) in [5, 5.41) is 3.38. The van der Waals surface area contributed by atoms with E-state index in [0.29, 0.717) is 10.8 Å². The van der Waals surface area contributed by atoms with Gasteiger partial charge in [-0.25, -0.2) is 13.4 Å². The Bertz CT molecular complexity index is 505. The first-order valence-electron chi connectivity index (χ1n) is 4.91. The van der Waals surface area contributed by atoms with Gasteiger partial charge in [0.1, 0.15) is 11.6 Å². The van der Waals surface area contributed by atoms with Gasteiger partial charge in [0.2, 0.25) is 0 Å². The Labute approximate surface area is 110 Å². The summed E-state index contributed by atoms with van der Waals surface area (Å²) in [4.78, 5) is 3.93. The van der Waals surface area contributed by atoms with E-state index < -0.39 is 9.84 Å². The van der Waals surface area contributed by atoms with E-state index >= 15 is 0 Å². The first-order chi connectivity index (χ1) is 7.85. The number of aromatic nitrogens is 1. The quantitative estimate of drug-likeness (QED) is 0.866. The number of hydrogen-bond donors (Lipinski definition) is 2. The molecule has 17 heavy (non-hydrogen) atoms. The third-order valence-corrected chi connectivity index (χ3v) is 4.40. The maximum Gasteiger partial charge on any atom is 0.151 e. The van der Waals surface area contributed by atoms with Crippen LogP contribution in [0.25, 0.3) is 0 Å². The molecule has 1 heterocycles. The summed E-state index contributed by atoms with van der Waals surface area (Å²) in [6, 6.07) is 1.46. The van der Waals surface area contributed by atoms with E-state index in [4.69, 9.17) is 28.9 Å². The second kappa shape index (κ2) is 5.75. The third-order valence-electron chi connectivity index (χ3n) is 2.10. The standard InChI is InChI=1S/C9H13Cl2N3O2S/c1-2-17(15,16)4-3-13-9-7(11)5-6(10)8(12)14-9/h5H,2-4H2,1H3,(H3,12,13,14). The summed E-state index contributed by atoms with van der Waals surface area (Å²) in [5.41, 5.74) is 5.51. The fourth-order valence-electron chi connectivity index (χ4n) is 1.07. The lowest BCUT2D eigenvalue weighted by atomic mass is 10.4. The van der Waals surface area contributed by atoms with Crippen molar-refractivity contribution >= 4 is 44.7 Å². The van der Waals surface area contributed by atoms with E-state index in [2.05, 4.69) is 10.3 Å². The van der Waals surface area contributed by atoms with Crippen LogP contribution >= 0.6 is 23.2 Å². The van der Waals surface area contributed by atoms with Gasteiger partial charge >= 0.3 is 0 Å². The van der Waals surface area contributed by atoms with Crippen LogP contribution in [0.4, 0.5) is 11.6 Å².